The molecule has 1 aromatic heterocycles. The van der Waals surface area contributed by atoms with Crippen LogP contribution in [0.25, 0.3) is 11.3 Å². The number of aryl methyl sites for hydroxylation is 1. The standard InChI is InChI=1S/C18H19BrN2O3/c1-12-15(18(23)20-10-4-7-17(22)24-2)8-9-16(21-12)13-5-3-6-14(19)11-13/h3,5-6,8-9,11H,4,7,10H2,1-2H3,(H,20,23). The molecule has 0 aliphatic heterocycles. The third kappa shape index (κ3) is 4.89. The minimum Gasteiger partial charge on any atom is -0.469 e. The van der Waals surface area contributed by atoms with E-state index in [2.05, 4.69) is 31.0 Å². The van der Waals surface area contributed by atoms with E-state index in [1.807, 2.05) is 37.3 Å². The zero-order chi connectivity index (χ0) is 17.5. The third-order valence-electron chi connectivity index (χ3n) is 3.52. The normalized spacial score (nSPS) is 10.3. The van der Waals surface area contributed by atoms with Gasteiger partial charge in [-0.1, -0.05) is 28.1 Å². The summed E-state index contributed by atoms with van der Waals surface area (Å²) < 4.78 is 5.54. The summed E-state index contributed by atoms with van der Waals surface area (Å²) in [7, 11) is 1.35. The SMILES string of the molecule is COC(=O)CCCNC(=O)c1ccc(-c2cccc(Br)c2)nc1C. The van der Waals surface area contributed by atoms with Crippen LogP contribution in [0.5, 0.6) is 0 Å². The maximum Gasteiger partial charge on any atom is 0.305 e. The number of hydrogen-bond acceptors (Lipinski definition) is 4. The van der Waals surface area contributed by atoms with Crippen molar-refractivity contribution in [2.45, 2.75) is 19.8 Å². The minimum atomic E-state index is -0.277. The number of nitrogens with one attached hydrogen (secondary N) is 1. The Bertz CT molecular complexity index is 747. The summed E-state index contributed by atoms with van der Waals surface area (Å²) >= 11 is 3.44. The van der Waals surface area contributed by atoms with Gasteiger partial charge in [0.05, 0.1) is 24.1 Å². The molecule has 0 radical (unpaired) electrons. The van der Waals surface area contributed by atoms with Crippen LogP contribution in [-0.2, 0) is 9.53 Å². The number of esters is 1. The van der Waals surface area contributed by atoms with Crippen LogP contribution in [0.2, 0.25) is 0 Å². The van der Waals surface area contributed by atoms with Gasteiger partial charge in [-0.2, -0.15) is 0 Å². The molecule has 24 heavy (non-hydrogen) atoms. The van der Waals surface area contributed by atoms with Crippen LogP contribution in [0.1, 0.15) is 28.9 Å². The molecule has 1 heterocycles. The smallest absolute Gasteiger partial charge is 0.305 e. The van der Waals surface area contributed by atoms with Crippen LogP contribution < -0.4 is 5.32 Å². The van der Waals surface area contributed by atoms with Gasteiger partial charge in [-0.15, -0.1) is 0 Å². The summed E-state index contributed by atoms with van der Waals surface area (Å²) in [5.41, 5.74) is 3.00. The van der Waals surface area contributed by atoms with E-state index in [1.165, 1.54) is 7.11 Å². The van der Waals surface area contributed by atoms with Crippen LogP contribution in [0, 0.1) is 6.92 Å². The molecule has 5 nitrogen and oxygen atoms in total. The summed E-state index contributed by atoms with van der Waals surface area (Å²) in [6.45, 7) is 2.23. The zero-order valence-electron chi connectivity index (χ0n) is 13.6. The van der Waals surface area contributed by atoms with E-state index in [-0.39, 0.29) is 18.3 Å². The summed E-state index contributed by atoms with van der Waals surface area (Å²) in [5, 5.41) is 2.79. The van der Waals surface area contributed by atoms with Crippen molar-refractivity contribution < 1.29 is 14.3 Å². The van der Waals surface area contributed by atoms with Crippen molar-refractivity contribution in [3.63, 3.8) is 0 Å². The summed E-state index contributed by atoms with van der Waals surface area (Å²) in [6.07, 6.45) is 0.830. The summed E-state index contributed by atoms with van der Waals surface area (Å²) in [4.78, 5) is 27.8. The fourth-order valence-electron chi connectivity index (χ4n) is 2.24. The lowest BCUT2D eigenvalue weighted by Gasteiger charge is -2.09. The summed E-state index contributed by atoms with van der Waals surface area (Å²) in [6, 6.07) is 11.4. The predicted octanol–water partition coefficient (Wildman–Crippen LogP) is 3.50. The molecule has 0 saturated heterocycles. The third-order valence-corrected chi connectivity index (χ3v) is 4.01. The van der Waals surface area contributed by atoms with E-state index >= 15 is 0 Å². The molecule has 1 aromatic carbocycles. The van der Waals surface area contributed by atoms with Gasteiger partial charge in [-0.25, -0.2) is 0 Å². The van der Waals surface area contributed by atoms with E-state index < -0.39 is 0 Å². The molecule has 0 bridgehead atoms. The number of methoxy groups -OCH3 is 1. The van der Waals surface area contributed by atoms with Gasteiger partial charge in [0.1, 0.15) is 0 Å². The molecule has 126 valence electrons. The van der Waals surface area contributed by atoms with Gasteiger partial charge in [-0.05, 0) is 37.6 Å². The number of carbonyl (C=O) groups excluding carboxylic acids is 2. The van der Waals surface area contributed by atoms with Crippen molar-refractivity contribution in [2.24, 2.45) is 0 Å². The second kappa shape index (κ2) is 8.59. The second-order valence-corrected chi connectivity index (χ2v) is 6.19. The van der Waals surface area contributed by atoms with Gasteiger partial charge in [0.25, 0.3) is 5.91 Å². The van der Waals surface area contributed by atoms with Gasteiger partial charge in [0.15, 0.2) is 0 Å². The Morgan fingerprint density at radius 1 is 1.25 bits per heavy atom. The topological polar surface area (TPSA) is 68.3 Å². The van der Waals surface area contributed by atoms with Crippen LogP contribution in [0.15, 0.2) is 40.9 Å². The molecule has 2 rings (SSSR count). The lowest BCUT2D eigenvalue weighted by atomic mass is 10.1. The Morgan fingerprint density at radius 2 is 2.04 bits per heavy atom. The van der Waals surface area contributed by atoms with Crippen molar-refractivity contribution in [1.29, 1.82) is 0 Å². The minimum absolute atomic E-state index is 0.189. The lowest BCUT2D eigenvalue weighted by molar-refractivity contribution is -0.140. The van der Waals surface area contributed by atoms with Crippen LogP contribution in [0.4, 0.5) is 0 Å². The highest BCUT2D eigenvalue weighted by Gasteiger charge is 2.11. The average molecular weight is 391 g/mol. The molecule has 1 N–H and O–H groups in total. The van der Waals surface area contributed by atoms with Crippen molar-refractivity contribution in [2.75, 3.05) is 13.7 Å². The van der Waals surface area contributed by atoms with Crippen molar-refractivity contribution in [1.82, 2.24) is 10.3 Å². The Balaban J connectivity index is 2.01. The molecular formula is C18H19BrN2O3. The summed E-state index contributed by atoms with van der Waals surface area (Å²) in [5.74, 6) is -0.467. The Labute approximate surface area is 149 Å². The highest BCUT2D eigenvalue weighted by atomic mass is 79.9. The number of carbonyl (C=O) groups is 2. The van der Waals surface area contributed by atoms with E-state index in [4.69, 9.17) is 0 Å². The fraction of sp³-hybridized carbons (Fsp3) is 0.278. The Morgan fingerprint density at radius 3 is 2.71 bits per heavy atom. The maximum atomic E-state index is 12.2. The number of benzene rings is 1. The largest absolute Gasteiger partial charge is 0.469 e. The number of pyridine rings is 1. The number of amides is 1. The van der Waals surface area contributed by atoms with Crippen molar-refractivity contribution in [3.05, 3.63) is 52.1 Å². The molecule has 0 aliphatic rings. The maximum absolute atomic E-state index is 12.2. The monoisotopic (exact) mass is 390 g/mol. The number of hydrogen-bond donors (Lipinski definition) is 1. The van der Waals surface area contributed by atoms with Gasteiger partial charge in [-0.3, -0.25) is 14.6 Å². The van der Waals surface area contributed by atoms with Crippen LogP contribution in [-0.4, -0.2) is 30.5 Å². The van der Waals surface area contributed by atoms with Gasteiger partial charge >= 0.3 is 5.97 Å². The molecule has 0 unspecified atom stereocenters. The number of halogens is 1. The van der Waals surface area contributed by atoms with E-state index in [0.29, 0.717) is 24.2 Å². The second-order valence-electron chi connectivity index (χ2n) is 5.28. The number of ether oxygens (including phenoxy) is 1. The predicted molar refractivity (Wildman–Crippen MR) is 95.7 cm³/mol. The first kappa shape index (κ1) is 18.1. The first-order chi connectivity index (χ1) is 11.5. The van der Waals surface area contributed by atoms with Crippen molar-refractivity contribution >= 4 is 27.8 Å². The highest BCUT2D eigenvalue weighted by molar-refractivity contribution is 9.10. The quantitative estimate of drug-likeness (QED) is 0.605. The molecule has 2 aromatic rings. The average Bonchev–Trinajstić information content (AvgIpc) is 2.58. The van der Waals surface area contributed by atoms with Gasteiger partial charge in [0, 0.05) is 23.0 Å². The first-order valence-electron chi connectivity index (χ1n) is 7.60. The number of aromatic nitrogens is 1. The molecule has 1 amide bonds. The van der Waals surface area contributed by atoms with Gasteiger partial charge < -0.3 is 10.1 Å². The van der Waals surface area contributed by atoms with Crippen LogP contribution >= 0.6 is 15.9 Å². The number of nitrogens with zero attached hydrogens (tertiary/aromatic N) is 1. The fourth-order valence-corrected chi connectivity index (χ4v) is 2.64. The Kier molecular flexibility index (Phi) is 6.49. The molecule has 0 atom stereocenters. The Hall–Kier alpha value is -2.21. The first-order valence-corrected chi connectivity index (χ1v) is 8.39. The zero-order valence-corrected chi connectivity index (χ0v) is 15.2. The van der Waals surface area contributed by atoms with E-state index in [1.54, 1.807) is 6.07 Å². The lowest BCUT2D eigenvalue weighted by Crippen LogP contribution is -2.26. The van der Waals surface area contributed by atoms with E-state index in [0.717, 1.165) is 15.7 Å². The highest BCUT2D eigenvalue weighted by Crippen LogP contribution is 2.22. The van der Waals surface area contributed by atoms with Gasteiger partial charge in [0.2, 0.25) is 0 Å². The molecule has 6 heteroatoms. The van der Waals surface area contributed by atoms with Crippen LogP contribution in [0.3, 0.4) is 0 Å². The molecule has 0 fully saturated rings. The number of rotatable bonds is 6. The molecule has 0 spiro atoms. The molecule has 0 saturated carbocycles. The van der Waals surface area contributed by atoms with E-state index in [9.17, 15) is 9.59 Å². The molecule has 0 aliphatic carbocycles. The van der Waals surface area contributed by atoms with Crippen molar-refractivity contribution in [3.8, 4) is 11.3 Å². The molecular weight excluding hydrogens is 372 g/mol.